The molecule has 0 radical (unpaired) electrons. The van der Waals surface area contributed by atoms with Crippen molar-refractivity contribution in [3.8, 4) is 0 Å². The summed E-state index contributed by atoms with van der Waals surface area (Å²) in [5.74, 6) is -2.51. The van der Waals surface area contributed by atoms with Crippen LogP contribution >= 0.6 is 0 Å². The highest BCUT2D eigenvalue weighted by Gasteiger charge is 2.78. The minimum atomic E-state index is -1.10. The number of nitrogens with zero attached hydrogens (tertiary/aromatic N) is 3. The van der Waals surface area contributed by atoms with Gasteiger partial charge in [-0.2, -0.15) is 0 Å². The third-order valence-electron chi connectivity index (χ3n) is 8.34. The van der Waals surface area contributed by atoms with Crippen LogP contribution in [0, 0.1) is 11.8 Å². The number of rotatable bonds is 13. The molecule has 206 valence electrons. The van der Waals surface area contributed by atoms with Gasteiger partial charge in [0.25, 0.3) is 0 Å². The molecule has 10 heteroatoms. The van der Waals surface area contributed by atoms with Crippen LogP contribution in [0.5, 0.6) is 0 Å². The van der Waals surface area contributed by atoms with E-state index in [9.17, 15) is 19.5 Å². The number of likely N-dealkylation sites (tertiary alicyclic amines) is 1. The minimum Gasteiger partial charge on any atom is -0.465 e. The number of esters is 1. The van der Waals surface area contributed by atoms with E-state index >= 15 is 0 Å². The molecule has 4 fully saturated rings. The Kier molecular flexibility index (Phi) is 8.73. The Hall–Kier alpha value is -2.27. The SMILES string of the molecule is C=CCCOC(=O)[C@H]1[C@H]2C(=O)N(CCCO)C(C(=O)N(CC=C)CCN3CCOCC3)C23CC[C@]1(C)O3. The number of aliphatic hydroxyl groups is 1. The summed E-state index contributed by atoms with van der Waals surface area (Å²) in [6.45, 7) is 14.1. The number of aliphatic hydroxyl groups excluding tert-OH is 1. The van der Waals surface area contributed by atoms with E-state index in [1.165, 1.54) is 0 Å². The standard InChI is InChI=1S/C27H41N3O7/c1-4-6-17-36-25(34)21-20-23(32)30(11-7-16-31)22(27(20)9-8-26(21,3)37-27)24(33)29(10-5-2)13-12-28-14-18-35-19-15-28/h4-5,20-22,31H,1-2,6-19H2,3H3/t20-,21+,22?,26-,27?/m0/s1. The van der Waals surface area contributed by atoms with Gasteiger partial charge in [-0.15, -0.1) is 13.2 Å². The monoisotopic (exact) mass is 519 g/mol. The van der Waals surface area contributed by atoms with E-state index in [4.69, 9.17) is 14.2 Å². The van der Waals surface area contributed by atoms with Gasteiger partial charge in [0, 0.05) is 45.9 Å². The van der Waals surface area contributed by atoms with Crippen LogP contribution in [0.25, 0.3) is 0 Å². The molecule has 4 saturated heterocycles. The average Bonchev–Trinajstić information content (AvgIpc) is 3.46. The molecule has 37 heavy (non-hydrogen) atoms. The van der Waals surface area contributed by atoms with Gasteiger partial charge in [0.1, 0.15) is 17.6 Å². The molecule has 10 nitrogen and oxygen atoms in total. The Balaban J connectivity index is 1.62. The molecule has 0 aromatic carbocycles. The van der Waals surface area contributed by atoms with Gasteiger partial charge >= 0.3 is 5.97 Å². The molecule has 4 rings (SSSR count). The van der Waals surface area contributed by atoms with Crippen molar-refractivity contribution in [3.05, 3.63) is 25.3 Å². The first-order valence-electron chi connectivity index (χ1n) is 13.4. The molecule has 0 aliphatic carbocycles. The number of ether oxygens (including phenoxy) is 3. The van der Waals surface area contributed by atoms with E-state index in [1.807, 2.05) is 6.92 Å². The van der Waals surface area contributed by atoms with Crippen molar-refractivity contribution in [3.63, 3.8) is 0 Å². The predicted molar refractivity (Wildman–Crippen MR) is 135 cm³/mol. The Morgan fingerprint density at radius 1 is 1.22 bits per heavy atom. The first-order chi connectivity index (χ1) is 17.8. The number of fused-ring (bicyclic) bond motifs is 1. The van der Waals surface area contributed by atoms with Crippen LogP contribution in [0.2, 0.25) is 0 Å². The summed E-state index contributed by atoms with van der Waals surface area (Å²) in [4.78, 5) is 46.9. The zero-order chi connectivity index (χ0) is 26.6. The Morgan fingerprint density at radius 3 is 2.65 bits per heavy atom. The van der Waals surface area contributed by atoms with Gasteiger partial charge < -0.3 is 29.1 Å². The van der Waals surface area contributed by atoms with Crippen molar-refractivity contribution in [2.45, 2.75) is 49.9 Å². The second kappa shape index (κ2) is 11.6. The maximum absolute atomic E-state index is 14.2. The Labute approximate surface area is 219 Å². The zero-order valence-electron chi connectivity index (χ0n) is 21.9. The van der Waals surface area contributed by atoms with Crippen molar-refractivity contribution in [2.24, 2.45) is 11.8 Å². The lowest BCUT2D eigenvalue weighted by atomic mass is 9.66. The smallest absolute Gasteiger partial charge is 0.312 e. The topological polar surface area (TPSA) is 109 Å². The summed E-state index contributed by atoms with van der Waals surface area (Å²) in [5.41, 5.74) is -1.97. The normalized spacial score (nSPS) is 32.9. The molecule has 5 atom stereocenters. The van der Waals surface area contributed by atoms with E-state index in [2.05, 4.69) is 18.1 Å². The fourth-order valence-corrected chi connectivity index (χ4v) is 6.58. The quantitative estimate of drug-likeness (QED) is 0.214. The molecule has 0 aromatic heterocycles. The zero-order valence-corrected chi connectivity index (χ0v) is 21.9. The lowest BCUT2D eigenvalue weighted by Gasteiger charge is -2.37. The summed E-state index contributed by atoms with van der Waals surface area (Å²) in [7, 11) is 0. The Morgan fingerprint density at radius 2 is 1.97 bits per heavy atom. The number of carbonyl (C=O) groups is 3. The third-order valence-corrected chi connectivity index (χ3v) is 8.34. The van der Waals surface area contributed by atoms with Crippen LogP contribution in [0.3, 0.4) is 0 Å². The molecule has 1 N–H and O–H groups in total. The summed E-state index contributed by atoms with van der Waals surface area (Å²) in [5, 5.41) is 9.52. The van der Waals surface area contributed by atoms with Crippen molar-refractivity contribution in [2.75, 3.05) is 65.7 Å². The molecule has 2 amide bonds. The van der Waals surface area contributed by atoms with E-state index in [0.29, 0.717) is 58.5 Å². The number of hydrogen-bond donors (Lipinski definition) is 1. The van der Waals surface area contributed by atoms with Crippen molar-refractivity contribution >= 4 is 17.8 Å². The minimum absolute atomic E-state index is 0.110. The first-order valence-corrected chi connectivity index (χ1v) is 13.4. The van der Waals surface area contributed by atoms with Crippen LogP contribution in [0.4, 0.5) is 0 Å². The summed E-state index contributed by atoms with van der Waals surface area (Å²) >= 11 is 0. The molecule has 2 bridgehead atoms. The van der Waals surface area contributed by atoms with Crippen LogP contribution in [0.15, 0.2) is 25.3 Å². The largest absolute Gasteiger partial charge is 0.465 e. The molecular weight excluding hydrogens is 478 g/mol. The molecule has 4 aliphatic rings. The second-order valence-electron chi connectivity index (χ2n) is 10.6. The highest BCUT2D eigenvalue weighted by Crippen LogP contribution is 2.63. The van der Waals surface area contributed by atoms with Gasteiger partial charge in [-0.3, -0.25) is 19.3 Å². The average molecular weight is 520 g/mol. The summed E-state index contributed by atoms with van der Waals surface area (Å²) < 4.78 is 17.6. The van der Waals surface area contributed by atoms with Gasteiger partial charge in [0.2, 0.25) is 11.8 Å². The summed E-state index contributed by atoms with van der Waals surface area (Å²) in [6.07, 6.45) is 5.28. The second-order valence-corrected chi connectivity index (χ2v) is 10.6. The molecule has 0 aromatic rings. The first kappa shape index (κ1) is 27.8. The van der Waals surface area contributed by atoms with E-state index < -0.39 is 35.0 Å². The number of hydrogen-bond acceptors (Lipinski definition) is 8. The lowest BCUT2D eigenvalue weighted by molar-refractivity contribution is -0.160. The van der Waals surface area contributed by atoms with Gasteiger partial charge in [-0.1, -0.05) is 12.2 Å². The molecule has 1 spiro atoms. The highest BCUT2D eigenvalue weighted by molar-refractivity contribution is 5.98. The fraction of sp³-hybridized carbons (Fsp3) is 0.741. The number of amides is 2. The highest BCUT2D eigenvalue weighted by atomic mass is 16.6. The van der Waals surface area contributed by atoms with E-state index in [-0.39, 0.29) is 31.6 Å². The van der Waals surface area contributed by atoms with E-state index in [0.717, 1.165) is 13.1 Å². The van der Waals surface area contributed by atoms with E-state index in [1.54, 1.807) is 22.0 Å². The fourth-order valence-electron chi connectivity index (χ4n) is 6.58. The third kappa shape index (κ3) is 5.08. The van der Waals surface area contributed by atoms with Crippen molar-refractivity contribution in [1.29, 1.82) is 0 Å². The van der Waals surface area contributed by atoms with Crippen LogP contribution < -0.4 is 0 Å². The Bertz CT molecular complexity index is 891. The predicted octanol–water partition coefficient (Wildman–Crippen LogP) is 0.600. The summed E-state index contributed by atoms with van der Waals surface area (Å²) in [6, 6.07) is -0.867. The van der Waals surface area contributed by atoms with Crippen LogP contribution in [-0.2, 0) is 28.6 Å². The molecule has 4 heterocycles. The lowest BCUT2D eigenvalue weighted by Crippen LogP contribution is -2.57. The number of carbonyl (C=O) groups excluding carboxylic acids is 3. The maximum Gasteiger partial charge on any atom is 0.312 e. The van der Waals surface area contributed by atoms with Crippen LogP contribution in [-0.4, -0.2) is 121 Å². The number of morpholine rings is 1. The van der Waals surface area contributed by atoms with Crippen molar-refractivity contribution < 1.29 is 33.7 Å². The van der Waals surface area contributed by atoms with Gasteiger partial charge in [0.05, 0.1) is 31.3 Å². The molecular formula is C27H41N3O7. The van der Waals surface area contributed by atoms with Crippen LogP contribution in [0.1, 0.15) is 32.6 Å². The molecule has 0 saturated carbocycles. The molecule has 4 aliphatic heterocycles. The maximum atomic E-state index is 14.2. The van der Waals surface area contributed by atoms with Crippen molar-refractivity contribution in [1.82, 2.24) is 14.7 Å². The van der Waals surface area contributed by atoms with Gasteiger partial charge in [0.15, 0.2) is 0 Å². The van der Waals surface area contributed by atoms with Gasteiger partial charge in [-0.05, 0) is 32.6 Å². The molecule has 2 unspecified atom stereocenters. The van der Waals surface area contributed by atoms with Gasteiger partial charge in [-0.25, -0.2) is 0 Å².